The number of ether oxygens (including phenoxy) is 2. The molecule has 3 rings (SSSR count). The molecule has 0 aliphatic rings. The number of benzene rings is 2. The lowest BCUT2D eigenvalue weighted by molar-refractivity contribution is -0.146. The van der Waals surface area contributed by atoms with Gasteiger partial charge in [-0.25, -0.2) is 4.79 Å². The van der Waals surface area contributed by atoms with Gasteiger partial charge in [-0.1, -0.05) is 12.1 Å². The fraction of sp³-hybridized carbons (Fsp3) is 0.250. The third kappa shape index (κ3) is 4.87. The molecule has 152 valence electrons. The molecule has 0 amide bonds. The van der Waals surface area contributed by atoms with Crippen molar-refractivity contribution in [2.45, 2.75) is 32.6 Å². The van der Waals surface area contributed by atoms with Crippen molar-refractivity contribution in [2.75, 3.05) is 0 Å². The molecule has 0 N–H and O–H groups in total. The summed E-state index contributed by atoms with van der Waals surface area (Å²) in [5.74, 6) is -1.83. The van der Waals surface area contributed by atoms with E-state index in [-0.39, 0.29) is 24.3 Å². The highest BCUT2D eigenvalue weighted by Crippen LogP contribution is 2.17. The Kier molecular flexibility index (Phi) is 6.06. The minimum Gasteiger partial charge on any atom is -0.454 e. The molecule has 1 aromatic heterocycles. The van der Waals surface area contributed by atoms with Crippen LogP contribution in [0.1, 0.15) is 23.7 Å². The molecule has 2 aromatic carbocycles. The number of hydrogen-bond acceptors (Lipinski definition) is 6. The number of alkyl halides is 2. The molecule has 0 fully saturated rings. The number of hydrogen-bond donors (Lipinski definition) is 0. The Morgan fingerprint density at radius 1 is 1.10 bits per heavy atom. The number of halogens is 2. The Morgan fingerprint density at radius 3 is 2.48 bits per heavy atom. The van der Waals surface area contributed by atoms with E-state index >= 15 is 0 Å². The maximum Gasteiger partial charge on any atom is 0.419 e. The van der Waals surface area contributed by atoms with Crippen molar-refractivity contribution in [2.24, 2.45) is 0 Å². The van der Waals surface area contributed by atoms with E-state index in [0.717, 1.165) is 0 Å². The third-order valence-electron chi connectivity index (χ3n) is 4.15. The van der Waals surface area contributed by atoms with Gasteiger partial charge in [-0.3, -0.25) is 14.2 Å². The van der Waals surface area contributed by atoms with Gasteiger partial charge in [0.25, 0.3) is 0 Å². The van der Waals surface area contributed by atoms with Crippen molar-refractivity contribution in [1.29, 1.82) is 0 Å². The van der Waals surface area contributed by atoms with Gasteiger partial charge in [0.05, 0.1) is 11.9 Å². The zero-order valence-electron chi connectivity index (χ0n) is 15.3. The highest BCUT2D eigenvalue weighted by Gasteiger charge is 2.20. The molecular formula is C20H17F2NO6. The van der Waals surface area contributed by atoms with Crippen LogP contribution in [0.15, 0.2) is 57.7 Å². The average Bonchev–Trinajstić information content (AvgIpc) is 3.01. The van der Waals surface area contributed by atoms with Gasteiger partial charge < -0.3 is 13.9 Å². The quantitative estimate of drug-likeness (QED) is 0.422. The minimum atomic E-state index is -2.96. The van der Waals surface area contributed by atoms with E-state index in [4.69, 9.17) is 9.15 Å². The molecule has 7 nitrogen and oxygen atoms in total. The number of esters is 1. The van der Waals surface area contributed by atoms with Crippen molar-refractivity contribution in [1.82, 2.24) is 4.57 Å². The van der Waals surface area contributed by atoms with Crippen molar-refractivity contribution in [3.8, 4) is 5.75 Å². The minimum absolute atomic E-state index is 0.0370. The summed E-state index contributed by atoms with van der Waals surface area (Å²) < 4.78 is 40.1. The first-order valence-electron chi connectivity index (χ1n) is 8.72. The first-order chi connectivity index (χ1) is 13.8. The second kappa shape index (κ2) is 8.68. The molecule has 9 heteroatoms. The molecule has 0 saturated heterocycles. The van der Waals surface area contributed by atoms with Crippen LogP contribution in [-0.4, -0.2) is 29.0 Å². The largest absolute Gasteiger partial charge is 0.454 e. The summed E-state index contributed by atoms with van der Waals surface area (Å²) in [5.41, 5.74) is 1.15. The van der Waals surface area contributed by atoms with Crippen LogP contribution in [0.5, 0.6) is 5.75 Å². The predicted molar refractivity (Wildman–Crippen MR) is 98.0 cm³/mol. The Morgan fingerprint density at radius 2 is 1.79 bits per heavy atom. The molecule has 0 aliphatic carbocycles. The van der Waals surface area contributed by atoms with Gasteiger partial charge >= 0.3 is 18.3 Å². The highest BCUT2D eigenvalue weighted by molar-refractivity contribution is 6.00. The summed E-state index contributed by atoms with van der Waals surface area (Å²) in [6.07, 6.45) is -1.22. The van der Waals surface area contributed by atoms with Crippen LogP contribution >= 0.6 is 0 Å². The normalized spacial score (nSPS) is 12.1. The molecule has 0 radical (unpaired) electrons. The molecule has 0 aliphatic heterocycles. The maximum atomic E-state index is 12.3. The number of para-hydroxylation sites is 2. The molecule has 0 saturated carbocycles. The average molecular weight is 405 g/mol. The number of rotatable bonds is 8. The number of nitrogens with zero attached hydrogens (tertiary/aromatic N) is 1. The van der Waals surface area contributed by atoms with E-state index in [1.807, 2.05) is 0 Å². The monoisotopic (exact) mass is 405 g/mol. The van der Waals surface area contributed by atoms with E-state index in [9.17, 15) is 23.2 Å². The number of Topliss-reactive ketones (excluding diaryl/α,β-unsaturated/α-hetero) is 1. The molecule has 0 spiro atoms. The number of aromatic nitrogens is 1. The van der Waals surface area contributed by atoms with Gasteiger partial charge in [-0.15, -0.1) is 0 Å². The van der Waals surface area contributed by atoms with Gasteiger partial charge in [0.2, 0.25) is 5.78 Å². The zero-order valence-corrected chi connectivity index (χ0v) is 15.3. The lowest BCUT2D eigenvalue weighted by atomic mass is 10.1. The summed E-state index contributed by atoms with van der Waals surface area (Å²) in [4.78, 5) is 36.3. The SMILES string of the molecule is C[C@@H](OC(=O)CCn1c(=O)oc2ccccc21)C(=O)c1ccc(OC(F)F)cc1. The Hall–Kier alpha value is -3.49. The molecule has 1 heterocycles. The summed E-state index contributed by atoms with van der Waals surface area (Å²) in [7, 11) is 0. The topological polar surface area (TPSA) is 87.7 Å². The van der Waals surface area contributed by atoms with Crippen LogP contribution in [-0.2, 0) is 16.1 Å². The molecule has 0 bridgehead atoms. The van der Waals surface area contributed by atoms with Crippen LogP contribution in [0.2, 0.25) is 0 Å². The fourth-order valence-corrected chi connectivity index (χ4v) is 2.77. The summed E-state index contributed by atoms with van der Waals surface area (Å²) in [6, 6.07) is 11.9. The van der Waals surface area contributed by atoms with Crippen LogP contribution < -0.4 is 10.5 Å². The highest BCUT2D eigenvalue weighted by atomic mass is 19.3. The standard InChI is InChI=1S/C20H17F2NO6/c1-12(18(25)13-6-8-14(9-7-13)28-19(21)22)27-17(24)10-11-23-15-4-2-3-5-16(15)29-20(23)26/h2-9,12,19H,10-11H2,1H3/t12-/m1/s1. The third-order valence-corrected chi connectivity index (χ3v) is 4.15. The van der Waals surface area contributed by atoms with Crippen molar-refractivity contribution in [3.63, 3.8) is 0 Å². The van der Waals surface area contributed by atoms with E-state index in [1.165, 1.54) is 35.8 Å². The molecule has 0 unspecified atom stereocenters. The smallest absolute Gasteiger partial charge is 0.419 e. The van der Waals surface area contributed by atoms with E-state index < -0.39 is 30.2 Å². The Balaban J connectivity index is 1.57. The van der Waals surface area contributed by atoms with E-state index in [2.05, 4.69) is 4.74 Å². The number of aryl methyl sites for hydroxylation is 1. The molecule has 1 atom stereocenters. The number of carbonyl (C=O) groups is 2. The van der Waals surface area contributed by atoms with E-state index in [1.54, 1.807) is 24.3 Å². The Bertz CT molecular complexity index is 1070. The van der Waals surface area contributed by atoms with Crippen molar-refractivity contribution >= 4 is 22.9 Å². The predicted octanol–water partition coefficient (Wildman–Crippen LogP) is 3.40. The first kappa shape index (κ1) is 20.2. The van der Waals surface area contributed by atoms with E-state index in [0.29, 0.717) is 11.1 Å². The zero-order chi connectivity index (χ0) is 21.0. The fourth-order valence-electron chi connectivity index (χ4n) is 2.77. The number of ketones is 1. The van der Waals surface area contributed by atoms with Gasteiger partial charge in [0.1, 0.15) is 5.75 Å². The van der Waals surface area contributed by atoms with Crippen molar-refractivity contribution in [3.05, 3.63) is 64.6 Å². The molecule has 29 heavy (non-hydrogen) atoms. The van der Waals surface area contributed by atoms with Gasteiger partial charge in [0.15, 0.2) is 11.7 Å². The lowest BCUT2D eigenvalue weighted by Gasteiger charge is -2.13. The first-order valence-corrected chi connectivity index (χ1v) is 8.72. The van der Waals surface area contributed by atoms with Crippen LogP contribution in [0.3, 0.4) is 0 Å². The summed E-state index contributed by atoms with van der Waals surface area (Å²) >= 11 is 0. The summed E-state index contributed by atoms with van der Waals surface area (Å²) in [5, 5.41) is 0. The van der Waals surface area contributed by atoms with Gasteiger partial charge in [-0.2, -0.15) is 8.78 Å². The Labute approximate surface area is 163 Å². The van der Waals surface area contributed by atoms with Crippen molar-refractivity contribution < 1.29 is 32.3 Å². The maximum absolute atomic E-state index is 12.3. The van der Waals surface area contributed by atoms with Gasteiger partial charge in [-0.05, 0) is 43.3 Å². The second-order valence-corrected chi connectivity index (χ2v) is 6.14. The lowest BCUT2D eigenvalue weighted by Crippen LogP contribution is -2.25. The molecule has 3 aromatic rings. The van der Waals surface area contributed by atoms with Crippen LogP contribution in [0, 0.1) is 0 Å². The number of oxazole rings is 1. The number of carbonyl (C=O) groups excluding carboxylic acids is 2. The molecular weight excluding hydrogens is 388 g/mol. The summed E-state index contributed by atoms with van der Waals surface area (Å²) in [6.45, 7) is -1.52. The van der Waals surface area contributed by atoms with Gasteiger partial charge in [0, 0.05) is 12.1 Å². The number of fused-ring (bicyclic) bond motifs is 1. The van der Waals surface area contributed by atoms with Crippen LogP contribution in [0.25, 0.3) is 11.1 Å². The van der Waals surface area contributed by atoms with Crippen LogP contribution in [0.4, 0.5) is 8.78 Å². The second-order valence-electron chi connectivity index (χ2n) is 6.14.